The maximum atomic E-state index is 5.76. The minimum absolute atomic E-state index is 0.683. The van der Waals surface area contributed by atoms with Gasteiger partial charge in [0, 0.05) is 22.2 Å². The summed E-state index contributed by atoms with van der Waals surface area (Å²) in [5, 5.41) is 4.37. The molecule has 2 N–H and O–H groups in total. The summed E-state index contributed by atoms with van der Waals surface area (Å²) >= 11 is 2.34. The summed E-state index contributed by atoms with van der Waals surface area (Å²) in [7, 11) is 1.85. The van der Waals surface area contributed by atoms with E-state index in [4.69, 9.17) is 5.73 Å². The highest BCUT2D eigenvalue weighted by atomic mass is 127. The van der Waals surface area contributed by atoms with Crippen molar-refractivity contribution in [1.29, 1.82) is 0 Å². The van der Waals surface area contributed by atoms with Crippen LogP contribution in [0.1, 0.15) is 5.56 Å². The molecule has 1 aromatic heterocycles. The summed E-state index contributed by atoms with van der Waals surface area (Å²) in [4.78, 5) is 0. The Labute approximate surface area is 102 Å². The van der Waals surface area contributed by atoms with Gasteiger partial charge >= 0.3 is 0 Å². The molecule has 0 fully saturated rings. The first-order valence-electron chi connectivity index (χ1n) is 4.64. The molecule has 4 heteroatoms. The molecule has 1 aromatic carbocycles. The van der Waals surface area contributed by atoms with E-state index < -0.39 is 0 Å². The number of nitrogens with zero attached hydrogens (tertiary/aromatic N) is 2. The van der Waals surface area contributed by atoms with Gasteiger partial charge in [-0.25, -0.2) is 0 Å². The molecule has 0 unspecified atom stereocenters. The first-order valence-corrected chi connectivity index (χ1v) is 5.72. The third-order valence-corrected chi connectivity index (χ3v) is 3.82. The lowest BCUT2D eigenvalue weighted by molar-refractivity contribution is 0.782. The lowest BCUT2D eigenvalue weighted by atomic mass is 10.1. The topological polar surface area (TPSA) is 43.8 Å². The van der Waals surface area contributed by atoms with Crippen LogP contribution < -0.4 is 5.73 Å². The third kappa shape index (κ3) is 1.86. The van der Waals surface area contributed by atoms with Gasteiger partial charge in [0.2, 0.25) is 0 Å². The molecule has 3 nitrogen and oxygen atoms in total. The van der Waals surface area contributed by atoms with Crippen LogP contribution in [0.3, 0.4) is 0 Å². The monoisotopic (exact) mass is 313 g/mol. The number of nitrogens with two attached hydrogens (primary N) is 1. The van der Waals surface area contributed by atoms with E-state index >= 15 is 0 Å². The average Bonchev–Trinajstić information content (AvgIpc) is 2.51. The van der Waals surface area contributed by atoms with Crippen LogP contribution in [0.25, 0.3) is 11.3 Å². The zero-order valence-electron chi connectivity index (χ0n) is 8.66. The SMILES string of the molecule is Cc1cccc(-c2cc(N)n(C)n2)c1I. The van der Waals surface area contributed by atoms with Crippen molar-refractivity contribution >= 4 is 28.4 Å². The minimum Gasteiger partial charge on any atom is -0.384 e. The van der Waals surface area contributed by atoms with Crippen LogP contribution in [-0.4, -0.2) is 9.78 Å². The van der Waals surface area contributed by atoms with Crippen molar-refractivity contribution in [2.24, 2.45) is 7.05 Å². The number of aromatic nitrogens is 2. The van der Waals surface area contributed by atoms with E-state index in [1.165, 1.54) is 9.13 Å². The zero-order valence-corrected chi connectivity index (χ0v) is 10.8. The number of anilines is 1. The van der Waals surface area contributed by atoms with Gasteiger partial charge in [0.05, 0.1) is 5.69 Å². The van der Waals surface area contributed by atoms with Crippen molar-refractivity contribution < 1.29 is 0 Å². The Bertz CT molecular complexity index is 483. The Morgan fingerprint density at radius 1 is 1.40 bits per heavy atom. The largest absolute Gasteiger partial charge is 0.384 e. The Kier molecular flexibility index (Phi) is 2.68. The number of hydrogen-bond acceptors (Lipinski definition) is 2. The Balaban J connectivity index is 2.59. The third-order valence-electron chi connectivity index (χ3n) is 2.38. The molecule has 0 atom stereocenters. The van der Waals surface area contributed by atoms with Crippen molar-refractivity contribution in [3.63, 3.8) is 0 Å². The number of hydrogen-bond donors (Lipinski definition) is 1. The minimum atomic E-state index is 0.683. The molecule has 0 bridgehead atoms. The molecule has 0 saturated heterocycles. The molecule has 0 aliphatic heterocycles. The number of halogens is 1. The standard InChI is InChI=1S/C11H12IN3/c1-7-4-3-5-8(11(7)12)9-6-10(13)15(2)14-9/h3-6H,13H2,1-2H3. The van der Waals surface area contributed by atoms with Crippen LogP contribution in [0.5, 0.6) is 0 Å². The summed E-state index contributed by atoms with van der Waals surface area (Å²) in [5.41, 5.74) is 9.10. The highest BCUT2D eigenvalue weighted by molar-refractivity contribution is 14.1. The van der Waals surface area contributed by atoms with Gasteiger partial charge in [0.25, 0.3) is 0 Å². The summed E-state index contributed by atoms with van der Waals surface area (Å²) in [6.07, 6.45) is 0. The van der Waals surface area contributed by atoms with Gasteiger partial charge in [0.1, 0.15) is 5.82 Å². The molecule has 2 rings (SSSR count). The van der Waals surface area contributed by atoms with Crippen LogP contribution in [0.15, 0.2) is 24.3 Å². The Morgan fingerprint density at radius 2 is 2.13 bits per heavy atom. The summed E-state index contributed by atoms with van der Waals surface area (Å²) in [5.74, 6) is 0.683. The van der Waals surface area contributed by atoms with Crippen molar-refractivity contribution in [2.45, 2.75) is 6.92 Å². The van der Waals surface area contributed by atoms with Crippen molar-refractivity contribution in [3.05, 3.63) is 33.4 Å². The fraction of sp³-hybridized carbons (Fsp3) is 0.182. The average molecular weight is 313 g/mol. The molecule has 0 saturated carbocycles. The first kappa shape index (κ1) is 10.5. The summed E-state index contributed by atoms with van der Waals surface area (Å²) in [6.45, 7) is 2.09. The molecule has 1 heterocycles. The summed E-state index contributed by atoms with van der Waals surface area (Å²) < 4.78 is 2.92. The fourth-order valence-corrected chi connectivity index (χ4v) is 2.09. The van der Waals surface area contributed by atoms with Crippen molar-refractivity contribution in [2.75, 3.05) is 5.73 Å². The van der Waals surface area contributed by atoms with Gasteiger partial charge in [-0.05, 0) is 35.1 Å². The molecule has 0 spiro atoms. The van der Waals surface area contributed by atoms with Crippen LogP contribution >= 0.6 is 22.6 Å². The van der Waals surface area contributed by atoms with E-state index in [-0.39, 0.29) is 0 Å². The second-order valence-corrected chi connectivity index (χ2v) is 4.59. The predicted octanol–water partition coefficient (Wildman–Crippen LogP) is 2.58. The Morgan fingerprint density at radius 3 is 2.73 bits per heavy atom. The second kappa shape index (κ2) is 3.84. The molecular weight excluding hydrogens is 301 g/mol. The fourth-order valence-electron chi connectivity index (χ4n) is 1.46. The molecular formula is C11H12IN3. The van der Waals surface area contributed by atoms with Gasteiger partial charge in [-0.15, -0.1) is 0 Å². The highest BCUT2D eigenvalue weighted by Gasteiger charge is 2.09. The van der Waals surface area contributed by atoms with Crippen LogP contribution in [0.4, 0.5) is 5.82 Å². The van der Waals surface area contributed by atoms with Crippen LogP contribution in [-0.2, 0) is 7.05 Å². The van der Waals surface area contributed by atoms with E-state index in [2.05, 4.69) is 46.7 Å². The van der Waals surface area contributed by atoms with Gasteiger partial charge in [-0.2, -0.15) is 5.10 Å². The maximum Gasteiger partial charge on any atom is 0.121 e. The highest BCUT2D eigenvalue weighted by Crippen LogP contribution is 2.27. The number of rotatable bonds is 1. The lowest BCUT2D eigenvalue weighted by Crippen LogP contribution is -1.96. The molecule has 0 radical (unpaired) electrons. The summed E-state index contributed by atoms with van der Waals surface area (Å²) in [6, 6.07) is 8.10. The molecule has 15 heavy (non-hydrogen) atoms. The van der Waals surface area contributed by atoms with Crippen molar-refractivity contribution in [1.82, 2.24) is 9.78 Å². The van der Waals surface area contributed by atoms with E-state index in [9.17, 15) is 0 Å². The zero-order chi connectivity index (χ0) is 11.0. The van der Waals surface area contributed by atoms with E-state index in [1.807, 2.05) is 19.2 Å². The molecule has 2 aromatic rings. The smallest absolute Gasteiger partial charge is 0.121 e. The van der Waals surface area contributed by atoms with Gasteiger partial charge in [-0.1, -0.05) is 18.2 Å². The number of benzene rings is 1. The Hall–Kier alpha value is -1.04. The van der Waals surface area contributed by atoms with Gasteiger partial charge < -0.3 is 5.73 Å². The maximum absolute atomic E-state index is 5.76. The second-order valence-electron chi connectivity index (χ2n) is 3.51. The number of aryl methyl sites for hydroxylation is 2. The quantitative estimate of drug-likeness (QED) is 0.823. The van der Waals surface area contributed by atoms with Crippen LogP contribution in [0.2, 0.25) is 0 Å². The van der Waals surface area contributed by atoms with E-state index in [0.29, 0.717) is 5.82 Å². The lowest BCUT2D eigenvalue weighted by Gasteiger charge is -2.03. The molecule has 0 aliphatic rings. The molecule has 0 aliphatic carbocycles. The molecule has 78 valence electrons. The molecule has 0 amide bonds. The van der Waals surface area contributed by atoms with E-state index in [1.54, 1.807) is 4.68 Å². The van der Waals surface area contributed by atoms with Gasteiger partial charge in [0.15, 0.2) is 0 Å². The van der Waals surface area contributed by atoms with Gasteiger partial charge in [-0.3, -0.25) is 4.68 Å². The van der Waals surface area contributed by atoms with Crippen molar-refractivity contribution in [3.8, 4) is 11.3 Å². The normalized spacial score (nSPS) is 10.6. The number of nitrogen functional groups attached to an aromatic ring is 1. The van der Waals surface area contributed by atoms with E-state index in [0.717, 1.165) is 11.3 Å². The van der Waals surface area contributed by atoms with Crippen LogP contribution in [0, 0.1) is 10.5 Å². The first-order chi connectivity index (χ1) is 7.09. The predicted molar refractivity (Wildman–Crippen MR) is 70.5 cm³/mol.